The summed E-state index contributed by atoms with van der Waals surface area (Å²) in [5, 5.41) is 16.2. The van der Waals surface area contributed by atoms with Gasteiger partial charge in [-0.2, -0.15) is 0 Å². The topological polar surface area (TPSA) is 108 Å². The second-order valence-electron chi connectivity index (χ2n) is 7.79. The van der Waals surface area contributed by atoms with E-state index in [2.05, 4.69) is 15.6 Å². The molecule has 30 heavy (non-hydrogen) atoms. The maximum absolute atomic E-state index is 13.1. The molecule has 0 aromatic carbocycles. The highest BCUT2D eigenvalue weighted by atomic mass is 35.5. The molecule has 2 heterocycles. The Morgan fingerprint density at radius 1 is 1.07 bits per heavy atom. The van der Waals surface area contributed by atoms with Crippen LogP contribution in [0.25, 0.3) is 0 Å². The van der Waals surface area contributed by atoms with Crippen molar-refractivity contribution in [3.05, 3.63) is 39.5 Å². The van der Waals surface area contributed by atoms with E-state index >= 15 is 0 Å². The zero-order valence-corrected chi connectivity index (χ0v) is 17.9. The molecule has 2 aliphatic carbocycles. The number of thiophene rings is 1. The number of anilines is 2. The highest BCUT2D eigenvalue weighted by Crippen LogP contribution is 2.42. The standard InChI is InChI=1S/C21H22ClN3O4S/c22-15-8-7-12(11-23-15)24-17(26)16-13-5-4-6-14(13)30-18(16)25-19(27)21(20(28)29)9-2-1-3-10-21/h7-8,11H,1-6,9-10H2,(H,24,26)(H,25,27)(H,28,29). The lowest BCUT2D eigenvalue weighted by atomic mass is 9.73. The molecule has 0 spiro atoms. The number of carbonyl (C=O) groups is 3. The van der Waals surface area contributed by atoms with Crippen molar-refractivity contribution in [2.75, 3.05) is 10.6 Å². The molecule has 158 valence electrons. The summed E-state index contributed by atoms with van der Waals surface area (Å²) in [5.41, 5.74) is 0.421. The Kier molecular flexibility index (Phi) is 5.79. The number of carbonyl (C=O) groups excluding carboxylic acids is 2. The Balaban J connectivity index is 1.62. The number of aryl methyl sites for hydroxylation is 1. The fourth-order valence-electron chi connectivity index (χ4n) is 4.29. The normalized spacial score (nSPS) is 17.2. The van der Waals surface area contributed by atoms with Crippen LogP contribution in [0.1, 0.15) is 59.3 Å². The lowest BCUT2D eigenvalue weighted by molar-refractivity contribution is -0.156. The van der Waals surface area contributed by atoms with E-state index in [4.69, 9.17) is 11.6 Å². The molecule has 1 saturated carbocycles. The molecule has 2 aliphatic rings. The van der Waals surface area contributed by atoms with Crippen molar-refractivity contribution < 1.29 is 19.5 Å². The zero-order valence-electron chi connectivity index (χ0n) is 16.3. The van der Waals surface area contributed by atoms with Crippen molar-refractivity contribution in [3.8, 4) is 0 Å². The van der Waals surface area contributed by atoms with Gasteiger partial charge in [-0.05, 0) is 49.8 Å². The second kappa shape index (κ2) is 8.35. The number of hydrogen-bond acceptors (Lipinski definition) is 5. The minimum Gasteiger partial charge on any atom is -0.480 e. The number of pyridine rings is 1. The number of aromatic nitrogens is 1. The number of nitrogens with one attached hydrogen (secondary N) is 2. The lowest BCUT2D eigenvalue weighted by Crippen LogP contribution is -2.44. The van der Waals surface area contributed by atoms with Gasteiger partial charge in [-0.25, -0.2) is 4.98 Å². The van der Waals surface area contributed by atoms with Crippen molar-refractivity contribution in [1.29, 1.82) is 0 Å². The molecule has 0 unspecified atom stereocenters. The average molecular weight is 448 g/mol. The molecule has 0 saturated heterocycles. The maximum Gasteiger partial charge on any atom is 0.319 e. The lowest BCUT2D eigenvalue weighted by Gasteiger charge is -2.31. The number of aliphatic carboxylic acids is 1. The number of rotatable bonds is 5. The van der Waals surface area contributed by atoms with Gasteiger partial charge in [0.05, 0.1) is 17.4 Å². The maximum atomic E-state index is 13.1. The van der Waals surface area contributed by atoms with Crippen LogP contribution in [0.2, 0.25) is 5.15 Å². The first-order valence-corrected chi connectivity index (χ1v) is 11.2. The number of carboxylic acid groups (broad SMARTS) is 1. The van der Waals surface area contributed by atoms with Crippen LogP contribution in [0.5, 0.6) is 0 Å². The molecule has 9 heteroatoms. The minimum atomic E-state index is -1.43. The molecule has 0 atom stereocenters. The van der Waals surface area contributed by atoms with E-state index in [9.17, 15) is 19.5 Å². The van der Waals surface area contributed by atoms with Crippen molar-refractivity contribution in [3.63, 3.8) is 0 Å². The first-order chi connectivity index (χ1) is 14.4. The van der Waals surface area contributed by atoms with Crippen LogP contribution in [0.15, 0.2) is 18.3 Å². The summed E-state index contributed by atoms with van der Waals surface area (Å²) in [7, 11) is 0. The molecule has 2 aromatic rings. The van der Waals surface area contributed by atoms with Crippen molar-refractivity contribution in [2.24, 2.45) is 5.41 Å². The van der Waals surface area contributed by atoms with Gasteiger partial charge in [0.25, 0.3) is 5.91 Å². The molecular weight excluding hydrogens is 426 g/mol. The Hall–Kier alpha value is -2.45. The van der Waals surface area contributed by atoms with Gasteiger partial charge in [0.15, 0.2) is 0 Å². The molecule has 3 N–H and O–H groups in total. The number of amides is 2. The van der Waals surface area contributed by atoms with Gasteiger partial charge in [-0.1, -0.05) is 30.9 Å². The molecule has 2 amide bonds. The highest BCUT2D eigenvalue weighted by molar-refractivity contribution is 7.17. The molecule has 0 bridgehead atoms. The summed E-state index contributed by atoms with van der Waals surface area (Å²) in [6.45, 7) is 0. The summed E-state index contributed by atoms with van der Waals surface area (Å²) >= 11 is 7.17. The first kappa shape index (κ1) is 20.8. The third-order valence-electron chi connectivity index (χ3n) is 5.91. The average Bonchev–Trinajstić information content (AvgIpc) is 3.30. The molecule has 4 rings (SSSR count). The molecule has 2 aromatic heterocycles. The van der Waals surface area contributed by atoms with Crippen LogP contribution in [0.3, 0.4) is 0 Å². The predicted octanol–water partition coefficient (Wildman–Crippen LogP) is 4.51. The van der Waals surface area contributed by atoms with Crippen LogP contribution in [-0.4, -0.2) is 27.9 Å². The van der Waals surface area contributed by atoms with E-state index in [0.29, 0.717) is 47.1 Å². The second-order valence-corrected chi connectivity index (χ2v) is 9.28. The van der Waals surface area contributed by atoms with Gasteiger partial charge in [0, 0.05) is 4.88 Å². The van der Waals surface area contributed by atoms with E-state index in [1.54, 1.807) is 12.1 Å². The van der Waals surface area contributed by atoms with Gasteiger partial charge >= 0.3 is 5.97 Å². The Morgan fingerprint density at radius 2 is 1.83 bits per heavy atom. The summed E-state index contributed by atoms with van der Waals surface area (Å²) in [4.78, 5) is 43.2. The zero-order chi connectivity index (χ0) is 21.3. The summed E-state index contributed by atoms with van der Waals surface area (Å²) in [5.74, 6) is -1.97. The Bertz CT molecular complexity index is 996. The predicted molar refractivity (Wildman–Crippen MR) is 115 cm³/mol. The van der Waals surface area contributed by atoms with Crippen molar-refractivity contribution in [1.82, 2.24) is 4.98 Å². The Labute approximate surface area is 182 Å². The molecular formula is C21H22ClN3O4S. The van der Waals surface area contributed by atoms with E-state index in [-0.39, 0.29) is 5.91 Å². The molecule has 7 nitrogen and oxygen atoms in total. The van der Waals surface area contributed by atoms with Crippen molar-refractivity contribution >= 4 is 51.4 Å². The highest BCUT2D eigenvalue weighted by Gasteiger charge is 2.47. The summed E-state index contributed by atoms with van der Waals surface area (Å²) in [6, 6.07) is 3.23. The third-order valence-corrected chi connectivity index (χ3v) is 7.34. The SMILES string of the molecule is O=C(Nc1ccc(Cl)nc1)c1c(NC(=O)C2(C(=O)O)CCCCC2)sc2c1CCC2. The van der Waals surface area contributed by atoms with E-state index in [0.717, 1.165) is 36.1 Å². The van der Waals surface area contributed by atoms with E-state index < -0.39 is 17.3 Å². The van der Waals surface area contributed by atoms with Gasteiger partial charge in [-0.3, -0.25) is 14.4 Å². The minimum absolute atomic E-state index is 0.317. The first-order valence-electron chi connectivity index (χ1n) is 10.0. The van der Waals surface area contributed by atoms with Crippen LogP contribution >= 0.6 is 22.9 Å². The Morgan fingerprint density at radius 3 is 2.50 bits per heavy atom. The monoisotopic (exact) mass is 447 g/mol. The van der Waals surface area contributed by atoms with Crippen LogP contribution < -0.4 is 10.6 Å². The quantitative estimate of drug-likeness (QED) is 0.461. The van der Waals surface area contributed by atoms with E-state index in [1.165, 1.54) is 17.5 Å². The van der Waals surface area contributed by atoms with Gasteiger partial charge in [0.2, 0.25) is 5.91 Å². The largest absolute Gasteiger partial charge is 0.480 e. The molecule has 0 radical (unpaired) electrons. The van der Waals surface area contributed by atoms with E-state index in [1.807, 2.05) is 0 Å². The number of halogens is 1. The van der Waals surface area contributed by atoms with Crippen LogP contribution in [0.4, 0.5) is 10.7 Å². The van der Waals surface area contributed by atoms with Crippen LogP contribution in [-0.2, 0) is 22.4 Å². The van der Waals surface area contributed by atoms with Crippen molar-refractivity contribution in [2.45, 2.75) is 51.4 Å². The number of carboxylic acids is 1. The fourth-order valence-corrected chi connectivity index (χ4v) is 5.69. The van der Waals surface area contributed by atoms with Crippen LogP contribution in [0, 0.1) is 5.41 Å². The number of fused-ring (bicyclic) bond motifs is 1. The smallest absolute Gasteiger partial charge is 0.319 e. The molecule has 0 aliphatic heterocycles. The number of nitrogens with zero attached hydrogens (tertiary/aromatic N) is 1. The summed E-state index contributed by atoms with van der Waals surface area (Å²) in [6.07, 6.45) is 7.00. The van der Waals surface area contributed by atoms with Gasteiger partial charge in [-0.15, -0.1) is 11.3 Å². The molecule has 1 fully saturated rings. The third kappa shape index (κ3) is 3.81. The number of hydrogen-bond donors (Lipinski definition) is 3. The fraction of sp³-hybridized carbons (Fsp3) is 0.429. The van der Waals surface area contributed by atoms with Gasteiger partial charge in [0.1, 0.15) is 15.6 Å². The van der Waals surface area contributed by atoms with Gasteiger partial charge < -0.3 is 15.7 Å². The summed E-state index contributed by atoms with van der Waals surface area (Å²) < 4.78 is 0.